The highest BCUT2D eigenvalue weighted by molar-refractivity contribution is 6.98. The fourth-order valence-electron chi connectivity index (χ4n) is 7.87. The minimum absolute atomic E-state index is 0.0221. The van der Waals surface area contributed by atoms with Gasteiger partial charge in [0.2, 0.25) is 0 Å². The van der Waals surface area contributed by atoms with Gasteiger partial charge in [-0.15, -0.1) is 0 Å². The van der Waals surface area contributed by atoms with Crippen LogP contribution in [0.2, 0.25) is 0 Å². The first-order valence-corrected chi connectivity index (χ1v) is 16.1. The molecule has 2 heterocycles. The van der Waals surface area contributed by atoms with E-state index in [1.807, 2.05) is 6.07 Å². The lowest BCUT2D eigenvalue weighted by molar-refractivity contribution is 0.465. The minimum atomic E-state index is 0.0221. The minimum Gasteiger partial charge on any atom is -0.458 e. The summed E-state index contributed by atoms with van der Waals surface area (Å²) in [4.78, 5) is 0. The van der Waals surface area contributed by atoms with E-state index in [1.54, 1.807) is 0 Å². The number of hydrogen-bond donors (Lipinski definition) is 0. The molecule has 8 aromatic carbocycles. The molecule has 218 valence electrons. The molecule has 8 aromatic rings. The summed E-state index contributed by atoms with van der Waals surface area (Å²) in [6.07, 6.45) is 0. The Balaban J connectivity index is 1.27. The lowest BCUT2D eigenvalue weighted by Crippen LogP contribution is -2.57. The number of ether oxygens (including phenoxy) is 2. The first-order valence-electron chi connectivity index (χ1n) is 16.1. The van der Waals surface area contributed by atoms with E-state index in [0.717, 1.165) is 50.5 Å². The molecular weight excluding hydrogens is 571 g/mol. The summed E-state index contributed by atoms with van der Waals surface area (Å²) in [6, 6.07) is 58.3. The second-order valence-electron chi connectivity index (χ2n) is 12.3. The van der Waals surface area contributed by atoms with E-state index >= 15 is 0 Å². The highest BCUT2D eigenvalue weighted by atomic mass is 16.5. The lowest BCUT2D eigenvalue weighted by Gasteiger charge is -2.34. The van der Waals surface area contributed by atoms with Crippen molar-refractivity contribution in [3.8, 4) is 56.4 Å². The van der Waals surface area contributed by atoms with Crippen molar-refractivity contribution >= 4 is 44.6 Å². The van der Waals surface area contributed by atoms with Crippen molar-refractivity contribution in [3.05, 3.63) is 164 Å². The van der Waals surface area contributed by atoms with E-state index in [2.05, 4.69) is 158 Å². The average Bonchev–Trinajstić information content (AvgIpc) is 3.14. The van der Waals surface area contributed by atoms with Crippen molar-refractivity contribution in [3.63, 3.8) is 0 Å². The summed E-state index contributed by atoms with van der Waals surface area (Å²) in [7, 11) is 0. The number of hydrogen-bond acceptors (Lipinski definition) is 2. The predicted molar refractivity (Wildman–Crippen MR) is 195 cm³/mol. The molecule has 0 saturated heterocycles. The smallest absolute Gasteiger partial charge is 0.260 e. The highest BCUT2D eigenvalue weighted by Crippen LogP contribution is 2.48. The first kappa shape index (κ1) is 26.2. The standard InChI is InChI=1S/C44H27BO2/c1-2-14-28(15-3-1)41-31-18-6-8-20-33(31)42(34-21-9-7-19-32(34)41)30-17-5-4-16-29(30)35-26-27-40-43-44(35)47-39-25-13-11-23-37(39)45(43)36-22-10-12-24-38(36)46-40/h1-27H. The van der Waals surface area contributed by atoms with Gasteiger partial charge in [-0.1, -0.05) is 140 Å². The molecule has 0 spiro atoms. The van der Waals surface area contributed by atoms with E-state index in [-0.39, 0.29) is 6.71 Å². The maximum absolute atomic E-state index is 6.89. The molecule has 10 rings (SSSR count). The van der Waals surface area contributed by atoms with Gasteiger partial charge in [-0.2, -0.15) is 0 Å². The third-order valence-electron chi connectivity index (χ3n) is 9.82. The molecule has 0 unspecified atom stereocenters. The van der Waals surface area contributed by atoms with Gasteiger partial charge in [-0.25, -0.2) is 0 Å². The zero-order valence-electron chi connectivity index (χ0n) is 25.5. The predicted octanol–water partition coefficient (Wildman–Crippen LogP) is 9.72. The van der Waals surface area contributed by atoms with Crippen molar-refractivity contribution in [2.75, 3.05) is 0 Å². The van der Waals surface area contributed by atoms with Crippen LogP contribution >= 0.6 is 0 Å². The van der Waals surface area contributed by atoms with Crippen molar-refractivity contribution < 1.29 is 9.47 Å². The molecule has 47 heavy (non-hydrogen) atoms. The molecule has 0 aromatic heterocycles. The fraction of sp³-hybridized carbons (Fsp3) is 0. The van der Waals surface area contributed by atoms with Crippen LogP contribution in [-0.4, -0.2) is 6.71 Å². The van der Waals surface area contributed by atoms with Gasteiger partial charge in [0, 0.05) is 11.0 Å². The monoisotopic (exact) mass is 598 g/mol. The Bertz CT molecular complexity index is 2470. The van der Waals surface area contributed by atoms with Crippen LogP contribution < -0.4 is 25.9 Å². The number of para-hydroxylation sites is 2. The van der Waals surface area contributed by atoms with Crippen molar-refractivity contribution in [2.24, 2.45) is 0 Å². The SMILES string of the molecule is c1ccc(-c2c3ccccc3c(-c3ccccc3-c3ccc4c5c3Oc3ccccc3B5c3ccccc3O4)c3ccccc23)cc1. The van der Waals surface area contributed by atoms with E-state index < -0.39 is 0 Å². The molecule has 2 nitrogen and oxygen atoms in total. The molecule has 0 atom stereocenters. The van der Waals surface area contributed by atoms with Crippen molar-refractivity contribution in [1.82, 2.24) is 0 Å². The van der Waals surface area contributed by atoms with Gasteiger partial charge in [0.25, 0.3) is 6.71 Å². The zero-order valence-corrected chi connectivity index (χ0v) is 25.5. The number of rotatable bonds is 3. The van der Waals surface area contributed by atoms with Crippen molar-refractivity contribution in [1.29, 1.82) is 0 Å². The maximum atomic E-state index is 6.89. The summed E-state index contributed by atoms with van der Waals surface area (Å²) in [5, 5.41) is 4.93. The van der Waals surface area contributed by atoms with Gasteiger partial charge in [0.1, 0.15) is 23.0 Å². The summed E-state index contributed by atoms with van der Waals surface area (Å²) in [5.74, 6) is 3.50. The molecule has 0 aliphatic carbocycles. The van der Waals surface area contributed by atoms with Gasteiger partial charge in [-0.3, -0.25) is 0 Å². The van der Waals surface area contributed by atoms with Crippen LogP contribution in [0.4, 0.5) is 0 Å². The van der Waals surface area contributed by atoms with E-state index in [4.69, 9.17) is 9.47 Å². The Morgan fingerprint density at radius 2 is 0.851 bits per heavy atom. The molecule has 3 heteroatoms. The summed E-state index contributed by atoms with van der Waals surface area (Å²) >= 11 is 0. The highest BCUT2D eigenvalue weighted by Gasteiger charge is 2.41. The molecule has 0 saturated carbocycles. The van der Waals surface area contributed by atoms with Crippen LogP contribution in [0.5, 0.6) is 23.0 Å². The maximum Gasteiger partial charge on any atom is 0.260 e. The van der Waals surface area contributed by atoms with Crippen LogP contribution in [-0.2, 0) is 0 Å². The van der Waals surface area contributed by atoms with Gasteiger partial charge in [0.05, 0.1) is 0 Å². The molecule has 2 aliphatic rings. The largest absolute Gasteiger partial charge is 0.458 e. The first-order chi connectivity index (χ1) is 23.3. The third-order valence-corrected chi connectivity index (χ3v) is 9.82. The Labute approximate surface area is 273 Å². The topological polar surface area (TPSA) is 18.5 Å². The van der Waals surface area contributed by atoms with E-state index in [1.165, 1.54) is 43.8 Å². The number of fused-ring (bicyclic) bond motifs is 6. The molecule has 0 fully saturated rings. The molecule has 0 amide bonds. The second-order valence-corrected chi connectivity index (χ2v) is 12.3. The molecule has 0 bridgehead atoms. The number of benzene rings is 8. The zero-order chi connectivity index (χ0) is 30.9. The quantitative estimate of drug-likeness (QED) is 0.149. The fourth-order valence-corrected chi connectivity index (χ4v) is 7.87. The second kappa shape index (κ2) is 10.2. The van der Waals surface area contributed by atoms with Crippen LogP contribution in [0.1, 0.15) is 0 Å². The molecule has 0 N–H and O–H groups in total. The Kier molecular flexibility index (Phi) is 5.70. The summed E-state index contributed by atoms with van der Waals surface area (Å²) in [5.41, 5.74) is 10.5. The Morgan fingerprint density at radius 1 is 0.340 bits per heavy atom. The van der Waals surface area contributed by atoms with Crippen LogP contribution in [0.15, 0.2) is 164 Å². The van der Waals surface area contributed by atoms with E-state index in [9.17, 15) is 0 Å². The third kappa shape index (κ3) is 3.87. The molecule has 0 radical (unpaired) electrons. The average molecular weight is 599 g/mol. The van der Waals surface area contributed by atoms with Gasteiger partial charge in [-0.05, 0) is 84.6 Å². The normalized spacial score (nSPS) is 12.6. The van der Waals surface area contributed by atoms with Crippen LogP contribution in [0, 0.1) is 0 Å². The van der Waals surface area contributed by atoms with E-state index in [0.29, 0.717) is 0 Å². The van der Waals surface area contributed by atoms with Crippen molar-refractivity contribution in [2.45, 2.75) is 0 Å². The van der Waals surface area contributed by atoms with Gasteiger partial charge in [0.15, 0.2) is 0 Å². The van der Waals surface area contributed by atoms with Crippen LogP contribution in [0.25, 0.3) is 54.9 Å². The van der Waals surface area contributed by atoms with Crippen LogP contribution in [0.3, 0.4) is 0 Å². The van der Waals surface area contributed by atoms with Gasteiger partial charge >= 0.3 is 0 Å². The summed E-state index contributed by atoms with van der Waals surface area (Å²) < 4.78 is 13.4. The summed E-state index contributed by atoms with van der Waals surface area (Å²) in [6.45, 7) is 0.0221. The molecule has 2 aliphatic heterocycles. The lowest BCUT2D eigenvalue weighted by atomic mass is 9.34. The Morgan fingerprint density at radius 3 is 1.51 bits per heavy atom. The molecular formula is C44H27BO2. The Hall–Kier alpha value is -6.06. The van der Waals surface area contributed by atoms with Gasteiger partial charge < -0.3 is 9.47 Å².